The minimum Gasteiger partial charge on any atom is -0.382 e. The molecule has 0 aliphatic carbocycles. The van der Waals surface area contributed by atoms with E-state index >= 15 is 0 Å². The highest BCUT2D eigenvalue weighted by molar-refractivity contribution is 8.00. The van der Waals surface area contributed by atoms with Crippen molar-refractivity contribution in [3.8, 4) is 11.8 Å². The number of nitrogens with two attached hydrogens (primary N) is 1. The summed E-state index contributed by atoms with van der Waals surface area (Å²) in [5.74, 6) is 2.02. The molecule has 9 heteroatoms. The number of nitrogens with one attached hydrogen (secondary N) is 1. The zero-order valence-corrected chi connectivity index (χ0v) is 19.0. The first-order valence-corrected chi connectivity index (χ1v) is 11.8. The van der Waals surface area contributed by atoms with Crippen LogP contribution >= 0.6 is 11.8 Å². The van der Waals surface area contributed by atoms with E-state index in [-0.39, 0.29) is 11.6 Å². The standard InChI is InChI=1S/C22H30FN7S/c1-3-18-15-29(12-13-31-18)22(26-4-2)27-11-5-6-20-19(14-24)21(25)30(28-20)17-9-7-16(23)8-10-17/h7-10,18H,3-6,11-13,15,25H2,1-2H3,(H,26,27). The fourth-order valence-corrected chi connectivity index (χ4v) is 4.75. The Morgan fingerprint density at radius 1 is 1.39 bits per heavy atom. The summed E-state index contributed by atoms with van der Waals surface area (Å²) in [5, 5.41) is 18.1. The summed E-state index contributed by atoms with van der Waals surface area (Å²) >= 11 is 2.04. The topological polar surface area (TPSA) is 95.3 Å². The molecule has 0 radical (unpaired) electrons. The Kier molecular flexibility index (Phi) is 8.18. The molecule has 1 aliphatic rings. The summed E-state index contributed by atoms with van der Waals surface area (Å²) in [6, 6.07) is 8.04. The van der Waals surface area contributed by atoms with E-state index in [1.54, 1.807) is 12.1 Å². The summed E-state index contributed by atoms with van der Waals surface area (Å²) in [6.07, 6.45) is 2.51. The van der Waals surface area contributed by atoms with Crippen LogP contribution in [-0.4, -0.2) is 57.8 Å². The molecule has 1 aromatic carbocycles. The Balaban J connectivity index is 1.67. The van der Waals surface area contributed by atoms with Gasteiger partial charge in [0.05, 0.1) is 11.4 Å². The third-order valence-electron chi connectivity index (χ3n) is 5.24. The van der Waals surface area contributed by atoms with Gasteiger partial charge in [0.25, 0.3) is 0 Å². The second-order valence-electron chi connectivity index (χ2n) is 7.39. The Hall–Kier alpha value is -2.73. The van der Waals surface area contributed by atoms with Gasteiger partial charge in [-0.1, -0.05) is 6.92 Å². The van der Waals surface area contributed by atoms with E-state index in [2.05, 4.69) is 35.2 Å². The molecule has 7 nitrogen and oxygen atoms in total. The van der Waals surface area contributed by atoms with Gasteiger partial charge >= 0.3 is 0 Å². The predicted molar refractivity (Wildman–Crippen MR) is 125 cm³/mol. The monoisotopic (exact) mass is 443 g/mol. The second-order valence-corrected chi connectivity index (χ2v) is 8.80. The number of hydrogen-bond acceptors (Lipinski definition) is 5. The summed E-state index contributed by atoms with van der Waals surface area (Å²) in [7, 11) is 0. The van der Waals surface area contributed by atoms with Crippen molar-refractivity contribution in [2.75, 3.05) is 37.7 Å². The predicted octanol–water partition coefficient (Wildman–Crippen LogP) is 3.19. The molecule has 1 unspecified atom stereocenters. The first-order chi connectivity index (χ1) is 15.1. The van der Waals surface area contributed by atoms with Gasteiger partial charge in [0.2, 0.25) is 0 Å². The van der Waals surface area contributed by atoms with Crippen LogP contribution < -0.4 is 11.1 Å². The maximum absolute atomic E-state index is 13.2. The average molecular weight is 444 g/mol. The lowest BCUT2D eigenvalue weighted by Gasteiger charge is -2.34. The van der Waals surface area contributed by atoms with Gasteiger partial charge in [-0.05, 0) is 50.5 Å². The number of aromatic nitrogens is 2. The Morgan fingerprint density at radius 2 is 2.16 bits per heavy atom. The van der Waals surface area contributed by atoms with Gasteiger partial charge in [0.15, 0.2) is 5.96 Å². The lowest BCUT2D eigenvalue weighted by molar-refractivity contribution is 0.408. The van der Waals surface area contributed by atoms with Crippen LogP contribution in [-0.2, 0) is 6.42 Å². The Bertz CT molecular complexity index is 933. The number of aliphatic imine (C=N–C) groups is 1. The number of rotatable bonds is 7. The fourth-order valence-electron chi connectivity index (χ4n) is 3.57. The summed E-state index contributed by atoms with van der Waals surface area (Å²) in [4.78, 5) is 7.15. The molecule has 2 heterocycles. The van der Waals surface area contributed by atoms with Gasteiger partial charge in [-0.2, -0.15) is 22.1 Å². The number of guanidine groups is 1. The van der Waals surface area contributed by atoms with Gasteiger partial charge in [-0.15, -0.1) is 0 Å². The highest BCUT2D eigenvalue weighted by Crippen LogP contribution is 2.23. The quantitative estimate of drug-likeness (QED) is 0.388. The van der Waals surface area contributed by atoms with Crippen molar-refractivity contribution in [2.24, 2.45) is 4.99 Å². The van der Waals surface area contributed by atoms with E-state index in [1.807, 2.05) is 11.8 Å². The van der Waals surface area contributed by atoms with Crippen molar-refractivity contribution in [1.29, 1.82) is 5.26 Å². The van der Waals surface area contributed by atoms with Crippen LogP contribution in [0, 0.1) is 17.1 Å². The number of halogens is 1. The van der Waals surface area contributed by atoms with Gasteiger partial charge in [0, 0.05) is 37.2 Å². The molecular weight excluding hydrogens is 413 g/mol. The number of benzene rings is 1. The highest BCUT2D eigenvalue weighted by Gasteiger charge is 2.21. The lowest BCUT2D eigenvalue weighted by Crippen LogP contribution is -2.48. The third kappa shape index (κ3) is 5.70. The third-order valence-corrected chi connectivity index (χ3v) is 6.61. The first-order valence-electron chi connectivity index (χ1n) is 10.8. The van der Waals surface area contributed by atoms with Crippen molar-refractivity contribution in [2.45, 2.75) is 38.4 Å². The van der Waals surface area contributed by atoms with Crippen LogP contribution in [0.25, 0.3) is 5.69 Å². The molecule has 1 saturated heterocycles. The molecule has 3 rings (SSSR count). The van der Waals surface area contributed by atoms with Gasteiger partial charge in [0.1, 0.15) is 23.3 Å². The molecule has 0 amide bonds. The average Bonchev–Trinajstić information content (AvgIpc) is 3.11. The van der Waals surface area contributed by atoms with Crippen LogP contribution in [0.2, 0.25) is 0 Å². The van der Waals surface area contributed by atoms with Crippen LogP contribution in [0.4, 0.5) is 10.2 Å². The summed E-state index contributed by atoms with van der Waals surface area (Å²) < 4.78 is 14.7. The van der Waals surface area contributed by atoms with Crippen LogP contribution in [0.5, 0.6) is 0 Å². The van der Waals surface area contributed by atoms with E-state index in [9.17, 15) is 9.65 Å². The van der Waals surface area contributed by atoms with Crippen molar-refractivity contribution in [3.63, 3.8) is 0 Å². The van der Waals surface area contributed by atoms with Crippen LogP contribution in [0.3, 0.4) is 0 Å². The van der Waals surface area contributed by atoms with Crippen molar-refractivity contribution >= 4 is 23.5 Å². The summed E-state index contributed by atoms with van der Waals surface area (Å²) in [5.41, 5.74) is 7.78. The van der Waals surface area contributed by atoms with Gasteiger partial charge < -0.3 is 16.0 Å². The number of anilines is 1. The Morgan fingerprint density at radius 3 is 2.84 bits per heavy atom. The molecular formula is C22H30FN7S. The van der Waals surface area contributed by atoms with Crippen LogP contribution in [0.1, 0.15) is 37.9 Å². The SMILES string of the molecule is CCNC(=NCCCc1nn(-c2ccc(F)cc2)c(N)c1C#N)N1CCSC(CC)C1. The molecule has 31 heavy (non-hydrogen) atoms. The molecule has 0 bridgehead atoms. The molecule has 0 spiro atoms. The molecule has 2 aromatic rings. The summed E-state index contributed by atoms with van der Waals surface area (Å²) in [6.45, 7) is 7.80. The molecule has 1 fully saturated rings. The smallest absolute Gasteiger partial charge is 0.193 e. The van der Waals surface area contributed by atoms with E-state index in [0.717, 1.165) is 44.2 Å². The zero-order chi connectivity index (χ0) is 22.2. The lowest BCUT2D eigenvalue weighted by atomic mass is 10.1. The molecule has 3 N–H and O–H groups in total. The molecule has 1 atom stereocenters. The van der Waals surface area contributed by atoms with Gasteiger partial charge in [-0.3, -0.25) is 4.99 Å². The second kappa shape index (κ2) is 11.0. The molecule has 166 valence electrons. The van der Waals surface area contributed by atoms with E-state index in [4.69, 9.17) is 10.7 Å². The largest absolute Gasteiger partial charge is 0.382 e. The van der Waals surface area contributed by atoms with E-state index in [0.29, 0.717) is 35.2 Å². The Labute approximate surface area is 187 Å². The number of nitriles is 1. The number of nitrogens with zero attached hydrogens (tertiary/aromatic N) is 5. The zero-order valence-electron chi connectivity index (χ0n) is 18.1. The first kappa shape index (κ1) is 22.9. The normalized spacial score (nSPS) is 16.9. The number of nitrogen functional groups attached to an aromatic ring is 1. The minimum atomic E-state index is -0.331. The maximum atomic E-state index is 13.2. The van der Waals surface area contributed by atoms with Gasteiger partial charge in [-0.25, -0.2) is 9.07 Å². The highest BCUT2D eigenvalue weighted by atomic mass is 32.2. The van der Waals surface area contributed by atoms with E-state index < -0.39 is 0 Å². The molecule has 1 aliphatic heterocycles. The van der Waals surface area contributed by atoms with Crippen molar-refractivity contribution < 1.29 is 4.39 Å². The molecule has 1 aromatic heterocycles. The number of hydrogen-bond donors (Lipinski definition) is 2. The number of aryl methyl sites for hydroxylation is 1. The maximum Gasteiger partial charge on any atom is 0.193 e. The van der Waals surface area contributed by atoms with Crippen molar-refractivity contribution in [1.82, 2.24) is 20.0 Å². The number of thioether (sulfide) groups is 1. The van der Waals surface area contributed by atoms with E-state index in [1.165, 1.54) is 16.8 Å². The van der Waals surface area contributed by atoms with Crippen LogP contribution in [0.15, 0.2) is 29.3 Å². The fraction of sp³-hybridized carbons (Fsp3) is 0.500. The van der Waals surface area contributed by atoms with Crippen molar-refractivity contribution in [3.05, 3.63) is 41.3 Å². The molecule has 0 saturated carbocycles. The minimum absolute atomic E-state index is 0.275.